The molecule has 1 aliphatic rings. The summed E-state index contributed by atoms with van der Waals surface area (Å²) in [5.74, 6) is 0.236. The molecule has 1 heterocycles. The van der Waals surface area contributed by atoms with Crippen molar-refractivity contribution in [3.63, 3.8) is 0 Å². The van der Waals surface area contributed by atoms with Crippen LogP contribution in [0.2, 0.25) is 5.02 Å². The van der Waals surface area contributed by atoms with Gasteiger partial charge in [-0.25, -0.2) is 0 Å². The minimum absolute atomic E-state index is 0.0219. The molecule has 0 radical (unpaired) electrons. The third kappa shape index (κ3) is 2.56. The molecule has 1 fully saturated rings. The van der Waals surface area contributed by atoms with E-state index in [2.05, 4.69) is 23.1 Å². The zero-order valence-electron chi connectivity index (χ0n) is 11.1. The Kier molecular flexibility index (Phi) is 3.75. The van der Waals surface area contributed by atoms with Crippen molar-refractivity contribution in [2.24, 2.45) is 5.92 Å². The summed E-state index contributed by atoms with van der Waals surface area (Å²) in [6.45, 7) is 1.62. The molecule has 0 aliphatic carbocycles. The summed E-state index contributed by atoms with van der Waals surface area (Å²) in [6, 6.07) is 18.1. The van der Waals surface area contributed by atoms with Gasteiger partial charge in [0, 0.05) is 35.6 Å². The fourth-order valence-electron chi connectivity index (χ4n) is 2.91. The summed E-state index contributed by atoms with van der Waals surface area (Å²) < 4.78 is 0. The fourth-order valence-corrected chi connectivity index (χ4v) is 3.11. The van der Waals surface area contributed by atoms with E-state index in [1.807, 2.05) is 36.4 Å². The average molecular weight is 286 g/mol. The number of nitrogens with zero attached hydrogens (tertiary/aromatic N) is 1. The van der Waals surface area contributed by atoms with Crippen molar-refractivity contribution in [3.05, 3.63) is 65.2 Å². The number of hydrogen-bond donors (Lipinski definition) is 0. The molecule has 2 aromatic carbocycles. The Morgan fingerprint density at radius 3 is 2.55 bits per heavy atom. The van der Waals surface area contributed by atoms with Gasteiger partial charge < -0.3 is 9.69 Å². The standard InChI is InChI=1S/C17H16ClNO/c18-15-6-4-5-13(9-15)17-11-19(10-14(17)12-20)16-7-2-1-3-8-16/h1-9,12,14,17H,10-11H2/t14-,17-/m0/s1. The lowest BCUT2D eigenvalue weighted by atomic mass is 9.90. The second-order valence-corrected chi connectivity index (χ2v) is 5.64. The third-order valence-electron chi connectivity index (χ3n) is 3.94. The number of aldehydes is 1. The van der Waals surface area contributed by atoms with E-state index in [0.717, 1.165) is 30.0 Å². The van der Waals surface area contributed by atoms with E-state index in [0.29, 0.717) is 0 Å². The fraction of sp³-hybridized carbons (Fsp3) is 0.235. The summed E-state index contributed by atoms with van der Waals surface area (Å²) in [6.07, 6.45) is 1.08. The largest absolute Gasteiger partial charge is 0.370 e. The van der Waals surface area contributed by atoms with Crippen molar-refractivity contribution < 1.29 is 4.79 Å². The lowest BCUT2D eigenvalue weighted by molar-refractivity contribution is -0.110. The molecular weight excluding hydrogens is 270 g/mol. The zero-order chi connectivity index (χ0) is 13.9. The van der Waals surface area contributed by atoms with Crippen LogP contribution in [0.15, 0.2) is 54.6 Å². The van der Waals surface area contributed by atoms with Crippen LogP contribution in [0, 0.1) is 5.92 Å². The van der Waals surface area contributed by atoms with Crippen molar-refractivity contribution in [1.82, 2.24) is 0 Å². The SMILES string of the molecule is O=C[C@@H]1CN(c2ccccc2)C[C@H]1c1cccc(Cl)c1. The second kappa shape index (κ2) is 5.68. The summed E-state index contributed by atoms with van der Waals surface area (Å²) in [7, 11) is 0. The van der Waals surface area contributed by atoms with Crippen LogP contribution in [0.25, 0.3) is 0 Å². The minimum atomic E-state index is 0.0219. The van der Waals surface area contributed by atoms with Crippen LogP contribution in [0.5, 0.6) is 0 Å². The molecule has 0 bridgehead atoms. The third-order valence-corrected chi connectivity index (χ3v) is 4.17. The molecule has 102 valence electrons. The van der Waals surface area contributed by atoms with Gasteiger partial charge in [-0.05, 0) is 29.8 Å². The summed E-state index contributed by atoms with van der Waals surface area (Å²) in [4.78, 5) is 13.7. The number of halogens is 1. The highest BCUT2D eigenvalue weighted by Crippen LogP contribution is 2.35. The Morgan fingerprint density at radius 2 is 1.85 bits per heavy atom. The number of carbonyl (C=O) groups is 1. The Hall–Kier alpha value is -1.80. The maximum absolute atomic E-state index is 11.4. The van der Waals surface area contributed by atoms with E-state index in [9.17, 15) is 4.79 Å². The molecule has 0 aromatic heterocycles. The van der Waals surface area contributed by atoms with Gasteiger partial charge in [0.15, 0.2) is 0 Å². The topological polar surface area (TPSA) is 20.3 Å². The first-order valence-electron chi connectivity index (χ1n) is 6.78. The Bertz CT molecular complexity index is 599. The Balaban J connectivity index is 1.87. The molecule has 2 atom stereocenters. The number of anilines is 1. The van der Waals surface area contributed by atoms with Gasteiger partial charge in [0.05, 0.1) is 0 Å². The van der Waals surface area contributed by atoms with Crippen LogP contribution >= 0.6 is 11.6 Å². The second-order valence-electron chi connectivity index (χ2n) is 5.20. The Morgan fingerprint density at radius 1 is 1.05 bits per heavy atom. The van der Waals surface area contributed by atoms with Gasteiger partial charge in [0.2, 0.25) is 0 Å². The normalized spacial score (nSPS) is 21.9. The maximum Gasteiger partial charge on any atom is 0.125 e. The highest BCUT2D eigenvalue weighted by Gasteiger charge is 2.33. The van der Waals surface area contributed by atoms with Crippen LogP contribution < -0.4 is 4.90 Å². The minimum Gasteiger partial charge on any atom is -0.370 e. The summed E-state index contributed by atoms with van der Waals surface area (Å²) in [5, 5.41) is 0.727. The first-order chi connectivity index (χ1) is 9.78. The molecule has 20 heavy (non-hydrogen) atoms. The van der Waals surface area contributed by atoms with E-state index in [4.69, 9.17) is 11.6 Å². The van der Waals surface area contributed by atoms with Gasteiger partial charge in [0.1, 0.15) is 6.29 Å². The van der Waals surface area contributed by atoms with E-state index in [1.54, 1.807) is 0 Å². The van der Waals surface area contributed by atoms with Crippen LogP contribution in [-0.4, -0.2) is 19.4 Å². The van der Waals surface area contributed by atoms with Crippen molar-refractivity contribution >= 4 is 23.6 Å². The van der Waals surface area contributed by atoms with Crippen molar-refractivity contribution in [3.8, 4) is 0 Å². The van der Waals surface area contributed by atoms with Gasteiger partial charge in [0.25, 0.3) is 0 Å². The number of rotatable bonds is 3. The molecule has 0 saturated carbocycles. The number of para-hydroxylation sites is 1. The highest BCUT2D eigenvalue weighted by atomic mass is 35.5. The highest BCUT2D eigenvalue weighted by molar-refractivity contribution is 6.30. The summed E-state index contributed by atoms with van der Waals surface area (Å²) >= 11 is 6.07. The summed E-state index contributed by atoms with van der Waals surface area (Å²) in [5.41, 5.74) is 2.32. The van der Waals surface area contributed by atoms with E-state index < -0.39 is 0 Å². The monoisotopic (exact) mass is 285 g/mol. The molecule has 2 nitrogen and oxygen atoms in total. The predicted molar refractivity (Wildman–Crippen MR) is 82.4 cm³/mol. The van der Waals surface area contributed by atoms with Crippen molar-refractivity contribution in [2.45, 2.75) is 5.92 Å². The molecule has 0 spiro atoms. The quantitative estimate of drug-likeness (QED) is 0.801. The molecule has 2 aromatic rings. The molecule has 0 unspecified atom stereocenters. The van der Waals surface area contributed by atoms with E-state index in [-0.39, 0.29) is 11.8 Å². The van der Waals surface area contributed by atoms with Gasteiger partial charge in [-0.15, -0.1) is 0 Å². The number of benzene rings is 2. The predicted octanol–water partition coefficient (Wildman–Crippen LogP) is 3.76. The molecule has 1 aliphatic heterocycles. The zero-order valence-corrected chi connectivity index (χ0v) is 11.8. The Labute approximate surface area is 124 Å². The molecule has 3 heteroatoms. The van der Waals surface area contributed by atoms with Crippen molar-refractivity contribution in [2.75, 3.05) is 18.0 Å². The molecule has 0 amide bonds. The van der Waals surface area contributed by atoms with Gasteiger partial charge in [-0.1, -0.05) is 41.9 Å². The average Bonchev–Trinajstić information content (AvgIpc) is 2.92. The molecule has 0 N–H and O–H groups in total. The smallest absolute Gasteiger partial charge is 0.125 e. The molecular formula is C17H16ClNO. The van der Waals surface area contributed by atoms with E-state index >= 15 is 0 Å². The maximum atomic E-state index is 11.4. The van der Waals surface area contributed by atoms with Gasteiger partial charge in [-0.2, -0.15) is 0 Å². The van der Waals surface area contributed by atoms with Crippen molar-refractivity contribution in [1.29, 1.82) is 0 Å². The lowest BCUT2D eigenvalue weighted by Crippen LogP contribution is -2.19. The van der Waals surface area contributed by atoms with E-state index in [1.165, 1.54) is 5.69 Å². The van der Waals surface area contributed by atoms with Gasteiger partial charge >= 0.3 is 0 Å². The van der Waals surface area contributed by atoms with Crippen LogP contribution in [0.4, 0.5) is 5.69 Å². The molecule has 1 saturated heterocycles. The number of carbonyl (C=O) groups excluding carboxylic acids is 1. The first-order valence-corrected chi connectivity index (χ1v) is 7.16. The lowest BCUT2D eigenvalue weighted by Gasteiger charge is -2.18. The first kappa shape index (κ1) is 13.2. The van der Waals surface area contributed by atoms with Gasteiger partial charge in [-0.3, -0.25) is 0 Å². The van der Waals surface area contributed by atoms with Crippen LogP contribution in [0.3, 0.4) is 0 Å². The van der Waals surface area contributed by atoms with Crippen LogP contribution in [-0.2, 0) is 4.79 Å². The van der Waals surface area contributed by atoms with Crippen LogP contribution in [0.1, 0.15) is 11.5 Å². The molecule has 3 rings (SSSR count). The number of hydrogen-bond acceptors (Lipinski definition) is 2.